The lowest BCUT2D eigenvalue weighted by Gasteiger charge is -2.19. The van der Waals surface area contributed by atoms with Crippen LogP contribution in [-0.4, -0.2) is 24.5 Å². The van der Waals surface area contributed by atoms with Crippen molar-refractivity contribution in [3.8, 4) is 0 Å². The predicted molar refractivity (Wildman–Crippen MR) is 90.0 cm³/mol. The third-order valence-corrected chi connectivity index (χ3v) is 4.06. The average Bonchev–Trinajstić information content (AvgIpc) is 3.16. The molecule has 2 N–H and O–H groups in total. The third-order valence-electron chi connectivity index (χ3n) is 4.06. The molecular formula is C19H20N2O3. The van der Waals surface area contributed by atoms with Crippen molar-refractivity contribution in [1.82, 2.24) is 10.9 Å². The van der Waals surface area contributed by atoms with Gasteiger partial charge in [-0.05, 0) is 24.0 Å². The van der Waals surface area contributed by atoms with E-state index in [0.717, 1.165) is 17.5 Å². The molecule has 0 bridgehead atoms. The maximum Gasteiger partial charge on any atom is 0.267 e. The fourth-order valence-corrected chi connectivity index (χ4v) is 2.85. The maximum absolute atomic E-state index is 12.7. The summed E-state index contributed by atoms with van der Waals surface area (Å²) in [5.74, 6) is -1.07. The van der Waals surface area contributed by atoms with Gasteiger partial charge in [0.15, 0.2) is 0 Å². The zero-order valence-corrected chi connectivity index (χ0v) is 13.3. The molecule has 2 amide bonds. The first-order valence-corrected chi connectivity index (χ1v) is 8.07. The van der Waals surface area contributed by atoms with Crippen LogP contribution in [0.4, 0.5) is 0 Å². The highest BCUT2D eigenvalue weighted by molar-refractivity contribution is 5.90. The smallest absolute Gasteiger partial charge is 0.267 e. The predicted octanol–water partition coefficient (Wildman–Crippen LogP) is 2.14. The second kappa shape index (κ2) is 7.75. The molecule has 5 nitrogen and oxygen atoms in total. The molecule has 24 heavy (non-hydrogen) atoms. The summed E-state index contributed by atoms with van der Waals surface area (Å²) in [5, 5.41) is 0. The Labute approximate surface area is 141 Å². The monoisotopic (exact) mass is 324 g/mol. The lowest BCUT2D eigenvalue weighted by molar-refractivity contribution is -0.135. The van der Waals surface area contributed by atoms with Crippen LogP contribution in [0.25, 0.3) is 0 Å². The molecule has 0 unspecified atom stereocenters. The zero-order chi connectivity index (χ0) is 16.8. The normalized spacial score (nSPS) is 16.8. The van der Waals surface area contributed by atoms with Crippen molar-refractivity contribution in [2.24, 2.45) is 0 Å². The topological polar surface area (TPSA) is 67.4 Å². The standard InChI is InChI=1S/C19H20N2O3/c22-18(16-12-7-13-24-16)20-21-19(23)17(14-8-3-1-4-9-14)15-10-5-2-6-11-15/h1-6,8-11,16-17H,7,12-13H2,(H,20,22)(H,21,23)/t16-/m1/s1. The first-order valence-electron chi connectivity index (χ1n) is 8.07. The van der Waals surface area contributed by atoms with Crippen LogP contribution < -0.4 is 10.9 Å². The number of carbonyl (C=O) groups is 2. The number of hydrogen-bond donors (Lipinski definition) is 2. The molecule has 124 valence electrons. The highest BCUT2D eigenvalue weighted by Gasteiger charge is 2.26. The summed E-state index contributed by atoms with van der Waals surface area (Å²) in [6, 6.07) is 19.0. The van der Waals surface area contributed by atoms with Gasteiger partial charge in [-0.3, -0.25) is 20.4 Å². The van der Waals surface area contributed by atoms with Gasteiger partial charge in [-0.15, -0.1) is 0 Å². The lowest BCUT2D eigenvalue weighted by atomic mass is 9.91. The van der Waals surface area contributed by atoms with Gasteiger partial charge in [0.1, 0.15) is 6.10 Å². The molecule has 2 aromatic rings. The molecule has 0 aliphatic carbocycles. The number of amides is 2. The van der Waals surface area contributed by atoms with E-state index in [2.05, 4.69) is 10.9 Å². The van der Waals surface area contributed by atoms with Gasteiger partial charge in [-0.1, -0.05) is 60.7 Å². The lowest BCUT2D eigenvalue weighted by Crippen LogP contribution is -2.48. The van der Waals surface area contributed by atoms with Crippen LogP contribution in [-0.2, 0) is 14.3 Å². The van der Waals surface area contributed by atoms with Crippen LogP contribution in [0.2, 0.25) is 0 Å². The summed E-state index contributed by atoms with van der Waals surface area (Å²) < 4.78 is 5.31. The van der Waals surface area contributed by atoms with E-state index in [1.165, 1.54) is 0 Å². The van der Waals surface area contributed by atoms with Crippen molar-refractivity contribution in [2.45, 2.75) is 24.9 Å². The first kappa shape index (κ1) is 16.2. The highest BCUT2D eigenvalue weighted by Crippen LogP contribution is 2.24. The van der Waals surface area contributed by atoms with Crippen molar-refractivity contribution >= 4 is 11.8 Å². The second-order valence-electron chi connectivity index (χ2n) is 5.73. The number of nitrogens with one attached hydrogen (secondary N) is 2. The molecule has 0 radical (unpaired) electrons. The largest absolute Gasteiger partial charge is 0.368 e. The Bertz CT molecular complexity index is 643. The van der Waals surface area contributed by atoms with Gasteiger partial charge in [0.05, 0.1) is 5.92 Å². The van der Waals surface area contributed by atoms with E-state index in [4.69, 9.17) is 4.74 Å². The van der Waals surface area contributed by atoms with Crippen molar-refractivity contribution in [3.63, 3.8) is 0 Å². The molecule has 0 spiro atoms. The Morgan fingerprint density at radius 2 is 1.50 bits per heavy atom. The Hall–Kier alpha value is -2.66. The molecule has 1 fully saturated rings. The van der Waals surface area contributed by atoms with Gasteiger partial charge in [0, 0.05) is 6.61 Å². The minimum atomic E-state index is -0.489. The van der Waals surface area contributed by atoms with Crippen molar-refractivity contribution in [2.75, 3.05) is 6.61 Å². The van der Waals surface area contributed by atoms with Crippen LogP contribution in [0.5, 0.6) is 0 Å². The Kier molecular flexibility index (Phi) is 5.23. The van der Waals surface area contributed by atoms with E-state index in [1.54, 1.807) is 0 Å². The number of ether oxygens (including phenoxy) is 1. The van der Waals surface area contributed by atoms with Gasteiger partial charge in [0.2, 0.25) is 5.91 Å². The molecule has 1 aliphatic heterocycles. The summed E-state index contributed by atoms with van der Waals surface area (Å²) in [5.41, 5.74) is 6.76. The molecule has 1 saturated heterocycles. The van der Waals surface area contributed by atoms with Gasteiger partial charge in [-0.25, -0.2) is 0 Å². The summed E-state index contributed by atoms with van der Waals surface area (Å²) >= 11 is 0. The van der Waals surface area contributed by atoms with E-state index >= 15 is 0 Å². The van der Waals surface area contributed by atoms with Gasteiger partial charge >= 0.3 is 0 Å². The van der Waals surface area contributed by atoms with Crippen LogP contribution in [0.1, 0.15) is 29.9 Å². The van der Waals surface area contributed by atoms with Crippen LogP contribution in [0, 0.1) is 0 Å². The van der Waals surface area contributed by atoms with Crippen LogP contribution >= 0.6 is 0 Å². The summed E-state index contributed by atoms with van der Waals surface area (Å²) in [7, 11) is 0. The Morgan fingerprint density at radius 3 is 2.00 bits per heavy atom. The third kappa shape index (κ3) is 3.81. The molecule has 1 atom stereocenters. The van der Waals surface area contributed by atoms with Gasteiger partial charge in [0.25, 0.3) is 5.91 Å². The number of carbonyl (C=O) groups excluding carboxylic acids is 2. The summed E-state index contributed by atoms with van der Waals surface area (Å²) in [6.45, 7) is 0.586. The zero-order valence-electron chi connectivity index (χ0n) is 13.3. The summed E-state index contributed by atoms with van der Waals surface area (Å²) in [6.07, 6.45) is 1.07. The van der Waals surface area contributed by atoms with Crippen molar-refractivity contribution < 1.29 is 14.3 Å². The summed E-state index contributed by atoms with van der Waals surface area (Å²) in [4.78, 5) is 24.7. The fraction of sp³-hybridized carbons (Fsp3) is 0.263. The number of benzene rings is 2. The molecule has 1 heterocycles. The van der Waals surface area contributed by atoms with Crippen LogP contribution in [0.3, 0.4) is 0 Å². The van der Waals surface area contributed by atoms with E-state index in [-0.39, 0.29) is 11.8 Å². The average molecular weight is 324 g/mol. The van der Waals surface area contributed by atoms with E-state index < -0.39 is 12.0 Å². The van der Waals surface area contributed by atoms with Gasteiger partial charge < -0.3 is 4.74 Å². The number of hydrogen-bond acceptors (Lipinski definition) is 3. The number of rotatable bonds is 4. The SMILES string of the molecule is O=C(NNC(=O)[C@H]1CCCO1)C(c1ccccc1)c1ccccc1. The molecular weight excluding hydrogens is 304 g/mol. The first-order chi connectivity index (χ1) is 11.8. The number of hydrazine groups is 1. The van der Waals surface area contributed by atoms with Crippen molar-refractivity contribution in [3.05, 3.63) is 71.8 Å². The van der Waals surface area contributed by atoms with E-state index in [9.17, 15) is 9.59 Å². The second-order valence-corrected chi connectivity index (χ2v) is 5.73. The van der Waals surface area contributed by atoms with Gasteiger partial charge in [-0.2, -0.15) is 0 Å². The molecule has 3 rings (SSSR count). The van der Waals surface area contributed by atoms with E-state index in [0.29, 0.717) is 13.0 Å². The Morgan fingerprint density at radius 1 is 0.917 bits per heavy atom. The molecule has 5 heteroatoms. The fourth-order valence-electron chi connectivity index (χ4n) is 2.85. The molecule has 0 aromatic heterocycles. The quantitative estimate of drug-likeness (QED) is 0.847. The minimum Gasteiger partial charge on any atom is -0.368 e. The highest BCUT2D eigenvalue weighted by atomic mass is 16.5. The molecule has 0 saturated carbocycles. The van der Waals surface area contributed by atoms with Crippen molar-refractivity contribution in [1.29, 1.82) is 0 Å². The van der Waals surface area contributed by atoms with E-state index in [1.807, 2.05) is 60.7 Å². The molecule has 1 aliphatic rings. The minimum absolute atomic E-state index is 0.279. The maximum atomic E-state index is 12.7. The van der Waals surface area contributed by atoms with Crippen LogP contribution in [0.15, 0.2) is 60.7 Å². The molecule has 2 aromatic carbocycles. The Balaban J connectivity index is 1.73.